The molecular weight excluding hydrogens is 242 g/mol. The van der Waals surface area contributed by atoms with Crippen molar-refractivity contribution < 1.29 is 14.6 Å². The minimum atomic E-state index is -0.877. The lowest BCUT2D eigenvalue weighted by Gasteiger charge is -2.19. The SMILES string of the molecule is CC(C)NCc1ccc(OCC(C)(C)C(=O)O)cc1. The lowest BCUT2D eigenvalue weighted by atomic mass is 9.95. The van der Waals surface area contributed by atoms with Crippen LogP contribution in [0.4, 0.5) is 0 Å². The molecule has 4 nitrogen and oxygen atoms in total. The molecule has 1 rings (SSSR count). The summed E-state index contributed by atoms with van der Waals surface area (Å²) in [4.78, 5) is 11.0. The van der Waals surface area contributed by atoms with Crippen LogP contribution in [-0.2, 0) is 11.3 Å². The van der Waals surface area contributed by atoms with Gasteiger partial charge in [0.1, 0.15) is 12.4 Å². The average Bonchev–Trinajstić information content (AvgIpc) is 2.35. The van der Waals surface area contributed by atoms with E-state index in [2.05, 4.69) is 19.2 Å². The van der Waals surface area contributed by atoms with E-state index < -0.39 is 11.4 Å². The molecule has 0 unspecified atom stereocenters. The second kappa shape index (κ2) is 6.57. The summed E-state index contributed by atoms with van der Waals surface area (Å²) in [5.74, 6) is -0.159. The number of nitrogens with one attached hydrogen (secondary N) is 1. The summed E-state index contributed by atoms with van der Waals surface area (Å²) in [6.45, 7) is 8.48. The van der Waals surface area contributed by atoms with Crippen molar-refractivity contribution in [1.29, 1.82) is 0 Å². The first-order chi connectivity index (χ1) is 8.81. The maximum absolute atomic E-state index is 11.0. The Morgan fingerprint density at radius 3 is 2.37 bits per heavy atom. The normalized spacial score (nSPS) is 11.6. The number of carbonyl (C=O) groups is 1. The van der Waals surface area contributed by atoms with E-state index in [1.165, 1.54) is 5.56 Å². The number of hydrogen-bond acceptors (Lipinski definition) is 3. The van der Waals surface area contributed by atoms with Gasteiger partial charge in [0.05, 0.1) is 5.41 Å². The minimum absolute atomic E-state index is 0.159. The van der Waals surface area contributed by atoms with Crippen LogP contribution in [0.2, 0.25) is 0 Å². The third kappa shape index (κ3) is 5.30. The molecule has 0 saturated carbocycles. The third-order valence-electron chi connectivity index (χ3n) is 2.82. The van der Waals surface area contributed by atoms with Gasteiger partial charge in [-0.1, -0.05) is 26.0 Å². The Kier molecular flexibility index (Phi) is 5.36. The maximum atomic E-state index is 11.0. The Hall–Kier alpha value is -1.55. The Morgan fingerprint density at radius 1 is 1.32 bits per heavy atom. The Bertz CT molecular complexity index is 410. The third-order valence-corrected chi connectivity index (χ3v) is 2.82. The van der Waals surface area contributed by atoms with Gasteiger partial charge in [-0.2, -0.15) is 0 Å². The molecule has 0 spiro atoms. The number of rotatable bonds is 7. The number of benzene rings is 1. The van der Waals surface area contributed by atoms with Crippen molar-refractivity contribution in [2.45, 2.75) is 40.3 Å². The molecule has 0 aliphatic carbocycles. The molecule has 0 amide bonds. The van der Waals surface area contributed by atoms with Crippen LogP contribution in [0.3, 0.4) is 0 Å². The Balaban J connectivity index is 2.51. The van der Waals surface area contributed by atoms with Crippen LogP contribution in [0, 0.1) is 5.41 Å². The summed E-state index contributed by atoms with van der Waals surface area (Å²) in [7, 11) is 0. The van der Waals surface area contributed by atoms with Crippen molar-refractivity contribution in [3.05, 3.63) is 29.8 Å². The van der Waals surface area contributed by atoms with Gasteiger partial charge in [-0.25, -0.2) is 0 Å². The van der Waals surface area contributed by atoms with Gasteiger partial charge in [-0.15, -0.1) is 0 Å². The predicted molar refractivity (Wildman–Crippen MR) is 75.3 cm³/mol. The number of carboxylic acid groups (broad SMARTS) is 1. The standard InChI is InChI=1S/C15H23NO3/c1-11(2)16-9-12-5-7-13(8-6-12)19-10-15(3,4)14(17)18/h5-8,11,16H,9-10H2,1-4H3,(H,17,18). The number of hydrogen-bond donors (Lipinski definition) is 2. The fraction of sp³-hybridized carbons (Fsp3) is 0.533. The minimum Gasteiger partial charge on any atom is -0.492 e. The molecule has 0 aromatic heterocycles. The summed E-state index contributed by atoms with van der Waals surface area (Å²) in [6.07, 6.45) is 0. The van der Waals surface area contributed by atoms with Crippen LogP contribution in [-0.4, -0.2) is 23.7 Å². The molecule has 0 heterocycles. The van der Waals surface area contributed by atoms with Crippen molar-refractivity contribution >= 4 is 5.97 Å². The van der Waals surface area contributed by atoms with Crippen molar-refractivity contribution in [3.63, 3.8) is 0 Å². The molecule has 0 saturated heterocycles. The predicted octanol–water partition coefficient (Wildman–Crippen LogP) is 2.67. The molecule has 19 heavy (non-hydrogen) atoms. The summed E-state index contributed by atoms with van der Waals surface area (Å²) in [6, 6.07) is 8.16. The molecule has 0 aliphatic rings. The maximum Gasteiger partial charge on any atom is 0.312 e. The van der Waals surface area contributed by atoms with Crippen LogP contribution in [0.15, 0.2) is 24.3 Å². The molecule has 0 atom stereocenters. The Labute approximate surface area is 114 Å². The first-order valence-electron chi connectivity index (χ1n) is 6.50. The van der Waals surface area contributed by atoms with Gasteiger partial charge in [-0.05, 0) is 31.5 Å². The largest absolute Gasteiger partial charge is 0.492 e. The first-order valence-corrected chi connectivity index (χ1v) is 6.50. The van der Waals surface area contributed by atoms with Crippen molar-refractivity contribution in [1.82, 2.24) is 5.32 Å². The van der Waals surface area contributed by atoms with Gasteiger partial charge in [-0.3, -0.25) is 4.79 Å². The molecule has 0 fully saturated rings. The van der Waals surface area contributed by atoms with Gasteiger partial charge in [0.15, 0.2) is 0 Å². The molecular formula is C15H23NO3. The highest BCUT2D eigenvalue weighted by molar-refractivity contribution is 5.73. The monoisotopic (exact) mass is 265 g/mol. The summed E-state index contributed by atoms with van der Waals surface area (Å²) in [5, 5.41) is 12.3. The molecule has 0 aliphatic heterocycles. The van der Waals surface area contributed by atoms with Gasteiger partial charge < -0.3 is 15.2 Å². The van der Waals surface area contributed by atoms with E-state index in [1.54, 1.807) is 13.8 Å². The summed E-state index contributed by atoms with van der Waals surface area (Å²) >= 11 is 0. The van der Waals surface area contributed by atoms with E-state index in [9.17, 15) is 4.79 Å². The molecule has 0 radical (unpaired) electrons. The van der Waals surface area contributed by atoms with E-state index in [4.69, 9.17) is 9.84 Å². The number of ether oxygens (including phenoxy) is 1. The topological polar surface area (TPSA) is 58.6 Å². The van der Waals surface area contributed by atoms with Crippen LogP contribution in [0.1, 0.15) is 33.3 Å². The molecule has 1 aromatic carbocycles. The smallest absolute Gasteiger partial charge is 0.312 e. The molecule has 2 N–H and O–H groups in total. The zero-order valence-electron chi connectivity index (χ0n) is 12.1. The van der Waals surface area contributed by atoms with Crippen molar-refractivity contribution in [2.24, 2.45) is 5.41 Å². The summed E-state index contributed by atoms with van der Waals surface area (Å²) < 4.78 is 5.51. The number of aliphatic carboxylic acids is 1. The highest BCUT2D eigenvalue weighted by atomic mass is 16.5. The molecule has 106 valence electrons. The van der Waals surface area contributed by atoms with Crippen LogP contribution < -0.4 is 10.1 Å². The molecule has 0 bridgehead atoms. The van der Waals surface area contributed by atoms with E-state index in [-0.39, 0.29) is 6.61 Å². The average molecular weight is 265 g/mol. The van der Waals surface area contributed by atoms with E-state index in [0.717, 1.165) is 6.54 Å². The van der Waals surface area contributed by atoms with Gasteiger partial charge >= 0.3 is 5.97 Å². The second-order valence-corrected chi connectivity index (χ2v) is 5.66. The fourth-order valence-corrected chi connectivity index (χ4v) is 1.35. The highest BCUT2D eigenvalue weighted by Gasteiger charge is 2.28. The zero-order chi connectivity index (χ0) is 14.5. The lowest BCUT2D eigenvalue weighted by Crippen LogP contribution is -2.30. The van der Waals surface area contributed by atoms with Crippen molar-refractivity contribution in [3.8, 4) is 5.75 Å². The van der Waals surface area contributed by atoms with E-state index >= 15 is 0 Å². The quantitative estimate of drug-likeness (QED) is 0.795. The fourth-order valence-electron chi connectivity index (χ4n) is 1.35. The van der Waals surface area contributed by atoms with Crippen LogP contribution in [0.5, 0.6) is 5.75 Å². The molecule has 4 heteroatoms. The van der Waals surface area contributed by atoms with Crippen LogP contribution >= 0.6 is 0 Å². The van der Waals surface area contributed by atoms with Crippen LogP contribution in [0.25, 0.3) is 0 Å². The second-order valence-electron chi connectivity index (χ2n) is 5.66. The van der Waals surface area contributed by atoms with Gasteiger partial charge in [0.25, 0.3) is 0 Å². The van der Waals surface area contributed by atoms with Gasteiger partial charge in [0, 0.05) is 12.6 Å². The van der Waals surface area contributed by atoms with E-state index in [0.29, 0.717) is 11.8 Å². The Morgan fingerprint density at radius 2 is 1.89 bits per heavy atom. The first kappa shape index (κ1) is 15.5. The zero-order valence-corrected chi connectivity index (χ0v) is 12.1. The summed E-state index contributed by atoms with van der Waals surface area (Å²) in [5.41, 5.74) is 0.302. The highest BCUT2D eigenvalue weighted by Crippen LogP contribution is 2.19. The molecule has 1 aromatic rings. The van der Waals surface area contributed by atoms with E-state index in [1.807, 2.05) is 24.3 Å². The lowest BCUT2D eigenvalue weighted by molar-refractivity contribution is -0.148. The van der Waals surface area contributed by atoms with Crippen molar-refractivity contribution in [2.75, 3.05) is 6.61 Å². The van der Waals surface area contributed by atoms with Gasteiger partial charge in [0.2, 0.25) is 0 Å². The number of carboxylic acids is 1.